The summed E-state index contributed by atoms with van der Waals surface area (Å²) in [6, 6.07) is 13.6. The van der Waals surface area contributed by atoms with E-state index < -0.39 is 0 Å². The van der Waals surface area contributed by atoms with Crippen molar-refractivity contribution in [2.45, 2.75) is 32.4 Å². The zero-order valence-corrected chi connectivity index (χ0v) is 13.3. The molecule has 2 rings (SSSR count). The fraction of sp³-hybridized carbons (Fsp3) is 0.353. The van der Waals surface area contributed by atoms with E-state index in [1.54, 1.807) is 11.3 Å². The Balaban J connectivity index is 1.97. The summed E-state index contributed by atoms with van der Waals surface area (Å²) in [5.74, 6) is 0.346. The van der Waals surface area contributed by atoms with Gasteiger partial charge in [-0.25, -0.2) is 0 Å². The first kappa shape index (κ1) is 15.7. The zero-order valence-electron chi connectivity index (χ0n) is 12.5. The van der Waals surface area contributed by atoms with Gasteiger partial charge in [-0.15, -0.1) is 11.3 Å². The fourth-order valence-corrected chi connectivity index (χ4v) is 3.23. The summed E-state index contributed by atoms with van der Waals surface area (Å²) in [5.41, 5.74) is 7.10. The first-order valence-electron chi connectivity index (χ1n) is 7.21. The van der Waals surface area contributed by atoms with Gasteiger partial charge in [-0.3, -0.25) is 4.79 Å². The van der Waals surface area contributed by atoms with Crippen LogP contribution in [0.25, 0.3) is 0 Å². The Morgan fingerprint density at radius 3 is 2.48 bits per heavy atom. The SMILES string of the molecule is CC(C)C(NC(=O)CC(N)c1ccccc1)c1cccs1. The molecule has 0 saturated carbocycles. The molecule has 112 valence electrons. The highest BCUT2D eigenvalue weighted by molar-refractivity contribution is 7.10. The summed E-state index contributed by atoms with van der Waals surface area (Å²) < 4.78 is 0. The fourth-order valence-electron chi connectivity index (χ4n) is 2.28. The lowest BCUT2D eigenvalue weighted by Crippen LogP contribution is -2.33. The van der Waals surface area contributed by atoms with Crippen molar-refractivity contribution in [2.24, 2.45) is 11.7 Å². The highest BCUT2D eigenvalue weighted by Gasteiger charge is 2.20. The van der Waals surface area contributed by atoms with Crippen LogP contribution >= 0.6 is 11.3 Å². The van der Waals surface area contributed by atoms with Crippen molar-refractivity contribution in [3.05, 3.63) is 58.3 Å². The van der Waals surface area contributed by atoms with Crippen LogP contribution in [0.2, 0.25) is 0 Å². The molecule has 1 heterocycles. The van der Waals surface area contributed by atoms with Crippen LogP contribution in [-0.2, 0) is 4.79 Å². The Morgan fingerprint density at radius 2 is 1.90 bits per heavy atom. The molecule has 21 heavy (non-hydrogen) atoms. The number of benzene rings is 1. The smallest absolute Gasteiger partial charge is 0.222 e. The summed E-state index contributed by atoms with van der Waals surface area (Å²) in [6.45, 7) is 4.23. The summed E-state index contributed by atoms with van der Waals surface area (Å²) in [7, 11) is 0. The Bertz CT molecular complexity index is 551. The maximum Gasteiger partial charge on any atom is 0.222 e. The average Bonchev–Trinajstić information content (AvgIpc) is 2.99. The maximum absolute atomic E-state index is 12.3. The molecule has 0 fully saturated rings. The molecule has 2 atom stereocenters. The minimum absolute atomic E-state index is 0.00143. The van der Waals surface area contributed by atoms with Crippen LogP contribution in [0, 0.1) is 5.92 Å². The number of amides is 1. The summed E-state index contributed by atoms with van der Waals surface area (Å²) in [4.78, 5) is 13.4. The normalized spacial score (nSPS) is 13.9. The van der Waals surface area contributed by atoms with Crippen LogP contribution in [0.1, 0.15) is 42.8 Å². The van der Waals surface area contributed by atoms with Gasteiger partial charge < -0.3 is 11.1 Å². The van der Waals surface area contributed by atoms with E-state index in [4.69, 9.17) is 5.73 Å². The lowest BCUT2D eigenvalue weighted by Gasteiger charge is -2.22. The quantitative estimate of drug-likeness (QED) is 0.855. The third-order valence-electron chi connectivity index (χ3n) is 3.47. The van der Waals surface area contributed by atoms with Crippen molar-refractivity contribution < 1.29 is 4.79 Å². The Labute approximate surface area is 130 Å². The molecule has 1 aromatic heterocycles. The van der Waals surface area contributed by atoms with Crippen LogP contribution < -0.4 is 11.1 Å². The Hall–Kier alpha value is -1.65. The predicted molar refractivity (Wildman–Crippen MR) is 88.0 cm³/mol. The monoisotopic (exact) mass is 302 g/mol. The van der Waals surface area contributed by atoms with Gasteiger partial charge in [0.15, 0.2) is 0 Å². The van der Waals surface area contributed by atoms with Gasteiger partial charge >= 0.3 is 0 Å². The van der Waals surface area contributed by atoms with Gasteiger partial charge in [0, 0.05) is 17.3 Å². The van der Waals surface area contributed by atoms with E-state index in [0.717, 1.165) is 5.56 Å². The molecule has 2 aromatic rings. The standard InChI is InChI=1S/C17H22N2OS/c1-12(2)17(15-9-6-10-21-15)19-16(20)11-14(18)13-7-4-3-5-8-13/h3-10,12,14,17H,11,18H2,1-2H3,(H,19,20). The largest absolute Gasteiger partial charge is 0.348 e. The first-order valence-corrected chi connectivity index (χ1v) is 8.09. The highest BCUT2D eigenvalue weighted by Crippen LogP contribution is 2.26. The van der Waals surface area contributed by atoms with Crippen LogP contribution in [-0.4, -0.2) is 5.91 Å². The maximum atomic E-state index is 12.3. The minimum atomic E-state index is -0.262. The molecular weight excluding hydrogens is 280 g/mol. The lowest BCUT2D eigenvalue weighted by atomic mass is 10.0. The molecule has 0 aliphatic rings. The molecule has 0 aliphatic heterocycles. The van der Waals surface area contributed by atoms with Crippen molar-refractivity contribution in [1.29, 1.82) is 0 Å². The summed E-state index contributed by atoms with van der Waals surface area (Å²) in [6.07, 6.45) is 0.304. The average molecular weight is 302 g/mol. The molecule has 3 N–H and O–H groups in total. The van der Waals surface area contributed by atoms with Crippen LogP contribution in [0.4, 0.5) is 0 Å². The van der Waals surface area contributed by atoms with E-state index in [-0.39, 0.29) is 18.0 Å². The number of carbonyl (C=O) groups is 1. The number of nitrogens with two attached hydrogens (primary N) is 1. The molecule has 1 aromatic carbocycles. The third kappa shape index (κ3) is 4.41. The van der Waals surface area contributed by atoms with Gasteiger partial charge in [0.05, 0.1) is 6.04 Å². The molecule has 0 spiro atoms. The van der Waals surface area contributed by atoms with Crippen LogP contribution in [0.5, 0.6) is 0 Å². The molecule has 3 nitrogen and oxygen atoms in total. The molecule has 4 heteroatoms. The molecule has 0 bridgehead atoms. The number of thiophene rings is 1. The topological polar surface area (TPSA) is 55.1 Å². The first-order chi connectivity index (χ1) is 10.1. The van der Waals surface area contributed by atoms with Gasteiger partial charge in [-0.2, -0.15) is 0 Å². The number of hydrogen-bond acceptors (Lipinski definition) is 3. The van der Waals surface area contributed by atoms with Gasteiger partial charge in [0.1, 0.15) is 0 Å². The van der Waals surface area contributed by atoms with Gasteiger partial charge in [0.25, 0.3) is 0 Å². The third-order valence-corrected chi connectivity index (χ3v) is 4.42. The van der Waals surface area contributed by atoms with E-state index in [1.165, 1.54) is 4.88 Å². The lowest BCUT2D eigenvalue weighted by molar-refractivity contribution is -0.122. The highest BCUT2D eigenvalue weighted by atomic mass is 32.1. The Morgan fingerprint density at radius 1 is 1.19 bits per heavy atom. The van der Waals surface area contributed by atoms with E-state index in [0.29, 0.717) is 12.3 Å². The van der Waals surface area contributed by atoms with E-state index in [2.05, 4.69) is 25.2 Å². The van der Waals surface area contributed by atoms with Crippen molar-refractivity contribution in [1.82, 2.24) is 5.32 Å². The van der Waals surface area contributed by atoms with Crippen LogP contribution in [0.3, 0.4) is 0 Å². The van der Waals surface area contributed by atoms with Gasteiger partial charge in [0.2, 0.25) is 5.91 Å². The molecule has 0 radical (unpaired) electrons. The number of rotatable bonds is 6. The number of carbonyl (C=O) groups excluding carboxylic acids is 1. The van der Waals surface area contributed by atoms with Crippen molar-refractivity contribution in [3.8, 4) is 0 Å². The second-order valence-electron chi connectivity index (χ2n) is 5.53. The van der Waals surface area contributed by atoms with Crippen LogP contribution in [0.15, 0.2) is 47.8 Å². The van der Waals surface area contributed by atoms with Gasteiger partial charge in [-0.1, -0.05) is 50.2 Å². The molecule has 0 aliphatic carbocycles. The minimum Gasteiger partial charge on any atom is -0.348 e. The summed E-state index contributed by atoms with van der Waals surface area (Å²) in [5, 5.41) is 5.15. The van der Waals surface area contributed by atoms with Crippen molar-refractivity contribution >= 4 is 17.2 Å². The Kier molecular flexibility index (Phi) is 5.53. The van der Waals surface area contributed by atoms with Crippen molar-refractivity contribution in [3.63, 3.8) is 0 Å². The molecule has 1 amide bonds. The summed E-state index contributed by atoms with van der Waals surface area (Å²) >= 11 is 1.67. The van der Waals surface area contributed by atoms with Crippen molar-refractivity contribution in [2.75, 3.05) is 0 Å². The zero-order chi connectivity index (χ0) is 15.2. The van der Waals surface area contributed by atoms with E-state index >= 15 is 0 Å². The molecule has 2 unspecified atom stereocenters. The van der Waals surface area contributed by atoms with E-state index in [9.17, 15) is 4.79 Å². The second-order valence-corrected chi connectivity index (χ2v) is 6.51. The predicted octanol–water partition coefficient (Wildman–Crippen LogP) is 3.65. The second kappa shape index (κ2) is 7.38. The van der Waals surface area contributed by atoms with E-state index in [1.807, 2.05) is 41.8 Å². The van der Waals surface area contributed by atoms with Gasteiger partial charge in [-0.05, 0) is 22.9 Å². The molecular formula is C17H22N2OS. The number of nitrogens with one attached hydrogen (secondary N) is 1. The molecule has 0 saturated heterocycles. The number of hydrogen-bond donors (Lipinski definition) is 2.